The predicted molar refractivity (Wildman–Crippen MR) is 109 cm³/mol. The van der Waals surface area contributed by atoms with E-state index in [4.69, 9.17) is 0 Å². The molecule has 0 heterocycles. The maximum Gasteiger partial charge on any atom is 0.255 e. The minimum atomic E-state index is -0.643. The first-order chi connectivity index (χ1) is 12.9. The summed E-state index contributed by atoms with van der Waals surface area (Å²) in [6, 6.07) is 15.2. The van der Waals surface area contributed by atoms with Gasteiger partial charge in [0.1, 0.15) is 5.75 Å². The Balaban J connectivity index is 1.89. The summed E-state index contributed by atoms with van der Waals surface area (Å²) in [5.74, 6) is 0.105. The van der Waals surface area contributed by atoms with Crippen molar-refractivity contribution in [2.45, 2.75) is 58.6 Å². The Morgan fingerprint density at radius 1 is 1.00 bits per heavy atom. The lowest BCUT2D eigenvalue weighted by Gasteiger charge is -2.17. The summed E-state index contributed by atoms with van der Waals surface area (Å²) in [5, 5.41) is 23.2. The van der Waals surface area contributed by atoms with E-state index in [2.05, 4.69) is 36.5 Å². The van der Waals surface area contributed by atoms with Gasteiger partial charge in [0.25, 0.3) is 5.91 Å². The van der Waals surface area contributed by atoms with Crippen molar-refractivity contribution in [2.75, 3.05) is 0 Å². The molecule has 0 radical (unpaired) electrons. The quantitative estimate of drug-likeness (QED) is 0.604. The highest BCUT2D eigenvalue weighted by Crippen LogP contribution is 2.27. The second kappa shape index (κ2) is 10.1. The third-order valence-corrected chi connectivity index (χ3v) is 4.77. The topological polar surface area (TPSA) is 69.6 Å². The van der Waals surface area contributed by atoms with Crippen LogP contribution in [0.15, 0.2) is 48.5 Å². The first-order valence-electron chi connectivity index (χ1n) is 9.72. The highest BCUT2D eigenvalue weighted by Gasteiger charge is 2.17. The first-order valence-corrected chi connectivity index (χ1v) is 9.72. The van der Waals surface area contributed by atoms with Gasteiger partial charge < -0.3 is 15.5 Å². The lowest BCUT2D eigenvalue weighted by Crippen LogP contribution is -2.30. The van der Waals surface area contributed by atoms with Gasteiger partial charge >= 0.3 is 0 Å². The highest BCUT2D eigenvalue weighted by molar-refractivity contribution is 5.97. The van der Waals surface area contributed by atoms with Gasteiger partial charge in [0.15, 0.2) is 0 Å². The van der Waals surface area contributed by atoms with E-state index in [0.29, 0.717) is 17.9 Å². The van der Waals surface area contributed by atoms with Crippen LogP contribution < -0.4 is 5.32 Å². The molecule has 2 aromatic carbocycles. The van der Waals surface area contributed by atoms with Crippen LogP contribution in [0.5, 0.6) is 5.75 Å². The Kier molecular flexibility index (Phi) is 7.86. The average Bonchev–Trinajstić information content (AvgIpc) is 2.65. The van der Waals surface area contributed by atoms with E-state index in [-0.39, 0.29) is 23.3 Å². The van der Waals surface area contributed by atoms with Crippen molar-refractivity contribution >= 4 is 5.91 Å². The normalized spacial score (nSPS) is 13.4. The minimum Gasteiger partial charge on any atom is -0.507 e. The molecule has 0 saturated heterocycles. The number of phenolic OH excluding ortho intramolecular Hbond substituents is 1. The van der Waals surface area contributed by atoms with Gasteiger partial charge in [-0.15, -0.1) is 0 Å². The van der Waals surface area contributed by atoms with E-state index >= 15 is 0 Å². The van der Waals surface area contributed by atoms with Gasteiger partial charge in [-0.1, -0.05) is 43.3 Å². The zero-order valence-electron chi connectivity index (χ0n) is 16.5. The van der Waals surface area contributed by atoms with Crippen LogP contribution in [-0.2, 0) is 6.42 Å². The second-order valence-corrected chi connectivity index (χ2v) is 7.63. The molecule has 4 nitrogen and oxygen atoms in total. The molecule has 0 aromatic heterocycles. The van der Waals surface area contributed by atoms with Crippen LogP contribution in [-0.4, -0.2) is 22.2 Å². The van der Waals surface area contributed by atoms with Crippen LogP contribution in [0.2, 0.25) is 0 Å². The van der Waals surface area contributed by atoms with Gasteiger partial charge in [0.2, 0.25) is 0 Å². The van der Waals surface area contributed by atoms with Crippen LogP contribution in [0.1, 0.15) is 67.6 Å². The van der Waals surface area contributed by atoms with Crippen LogP contribution >= 0.6 is 0 Å². The fourth-order valence-corrected chi connectivity index (χ4v) is 3.09. The van der Waals surface area contributed by atoms with Crippen molar-refractivity contribution in [3.05, 3.63) is 65.2 Å². The van der Waals surface area contributed by atoms with Crippen molar-refractivity contribution in [1.29, 1.82) is 0 Å². The SMILES string of the molecule is CC(CCc1ccccc1)CCC(O)c1ccc(O)c(C(=O)NC(C)C)c1. The predicted octanol–water partition coefficient (Wildman–Crippen LogP) is 4.61. The number of aryl methyl sites for hydroxylation is 1. The molecule has 0 aliphatic heterocycles. The number of hydrogen-bond donors (Lipinski definition) is 3. The molecule has 0 fully saturated rings. The van der Waals surface area contributed by atoms with E-state index in [9.17, 15) is 15.0 Å². The number of benzene rings is 2. The average molecular weight is 370 g/mol. The van der Waals surface area contributed by atoms with Crippen LogP contribution in [0.4, 0.5) is 0 Å². The molecule has 0 aliphatic rings. The number of carbonyl (C=O) groups is 1. The monoisotopic (exact) mass is 369 g/mol. The van der Waals surface area contributed by atoms with Gasteiger partial charge in [-0.25, -0.2) is 0 Å². The van der Waals surface area contributed by atoms with E-state index in [1.54, 1.807) is 12.1 Å². The molecule has 2 unspecified atom stereocenters. The fraction of sp³-hybridized carbons (Fsp3) is 0.435. The number of hydrogen-bond acceptors (Lipinski definition) is 3. The van der Waals surface area contributed by atoms with Crippen LogP contribution in [0.25, 0.3) is 0 Å². The zero-order valence-corrected chi connectivity index (χ0v) is 16.5. The number of rotatable bonds is 9. The number of aromatic hydroxyl groups is 1. The molecular weight excluding hydrogens is 338 g/mol. The molecule has 2 rings (SSSR count). The van der Waals surface area contributed by atoms with Gasteiger partial charge in [-0.3, -0.25) is 4.79 Å². The number of amides is 1. The summed E-state index contributed by atoms with van der Waals surface area (Å²) < 4.78 is 0. The van der Waals surface area contributed by atoms with Crippen molar-refractivity contribution in [2.24, 2.45) is 5.92 Å². The molecule has 2 atom stereocenters. The molecule has 146 valence electrons. The smallest absolute Gasteiger partial charge is 0.255 e. The van der Waals surface area contributed by atoms with Gasteiger partial charge in [0, 0.05) is 6.04 Å². The lowest BCUT2D eigenvalue weighted by atomic mass is 9.93. The Morgan fingerprint density at radius 3 is 2.37 bits per heavy atom. The van der Waals surface area contributed by atoms with E-state index in [1.165, 1.54) is 11.6 Å². The van der Waals surface area contributed by atoms with Gasteiger partial charge in [0.05, 0.1) is 11.7 Å². The number of nitrogens with one attached hydrogen (secondary N) is 1. The lowest BCUT2D eigenvalue weighted by molar-refractivity contribution is 0.0940. The minimum absolute atomic E-state index is 0.0176. The van der Waals surface area contributed by atoms with Crippen LogP contribution in [0.3, 0.4) is 0 Å². The van der Waals surface area contributed by atoms with Gasteiger partial charge in [-0.05, 0) is 68.7 Å². The van der Waals surface area contributed by atoms with E-state index in [1.807, 2.05) is 19.9 Å². The summed E-state index contributed by atoms with van der Waals surface area (Å²) in [7, 11) is 0. The number of aliphatic hydroxyl groups excluding tert-OH is 1. The van der Waals surface area contributed by atoms with Crippen molar-refractivity contribution in [1.82, 2.24) is 5.32 Å². The largest absolute Gasteiger partial charge is 0.507 e. The Hall–Kier alpha value is -2.33. The van der Waals surface area contributed by atoms with Crippen molar-refractivity contribution in [3.63, 3.8) is 0 Å². The maximum atomic E-state index is 12.2. The Labute approximate surface area is 162 Å². The molecule has 0 saturated carbocycles. The van der Waals surface area contributed by atoms with Crippen LogP contribution in [0, 0.1) is 5.92 Å². The van der Waals surface area contributed by atoms with E-state index in [0.717, 1.165) is 19.3 Å². The summed E-state index contributed by atoms with van der Waals surface area (Å²) in [6.45, 7) is 5.93. The van der Waals surface area contributed by atoms with Crippen molar-refractivity contribution < 1.29 is 15.0 Å². The summed E-state index contributed by atoms with van der Waals surface area (Å²) in [4.78, 5) is 12.2. The van der Waals surface area contributed by atoms with Gasteiger partial charge in [-0.2, -0.15) is 0 Å². The van der Waals surface area contributed by atoms with Crippen molar-refractivity contribution in [3.8, 4) is 5.75 Å². The summed E-state index contributed by atoms with van der Waals surface area (Å²) >= 11 is 0. The first kappa shape index (κ1) is 21.0. The molecule has 3 N–H and O–H groups in total. The molecule has 0 bridgehead atoms. The molecule has 0 spiro atoms. The molecule has 0 aliphatic carbocycles. The number of phenols is 1. The molecule has 2 aromatic rings. The molecule has 1 amide bonds. The fourth-order valence-electron chi connectivity index (χ4n) is 3.09. The maximum absolute atomic E-state index is 12.2. The molecule has 4 heteroatoms. The third kappa shape index (κ3) is 6.72. The standard InChI is InChI=1S/C23H31NO3/c1-16(2)24-23(27)20-15-19(12-14-22(20)26)21(25)13-10-17(3)9-11-18-7-5-4-6-8-18/h4-8,12,14-17,21,25-26H,9-11,13H2,1-3H3,(H,24,27). The zero-order chi connectivity index (χ0) is 19.8. The third-order valence-electron chi connectivity index (χ3n) is 4.77. The molecular formula is C23H31NO3. The second-order valence-electron chi connectivity index (χ2n) is 7.63. The highest BCUT2D eigenvalue weighted by atomic mass is 16.3. The van der Waals surface area contributed by atoms with E-state index < -0.39 is 6.10 Å². The molecule has 27 heavy (non-hydrogen) atoms. The summed E-state index contributed by atoms with van der Waals surface area (Å²) in [5.41, 5.74) is 2.21. The summed E-state index contributed by atoms with van der Waals surface area (Å²) in [6.07, 6.45) is 3.01. The number of carbonyl (C=O) groups excluding carboxylic acids is 1. The Morgan fingerprint density at radius 2 is 1.70 bits per heavy atom. The Bertz CT molecular complexity index is 728. The number of aliphatic hydroxyl groups is 1.